The summed E-state index contributed by atoms with van der Waals surface area (Å²) in [6.45, 7) is 3.84. The van der Waals surface area contributed by atoms with E-state index in [4.69, 9.17) is 11.6 Å². The SMILES string of the molecule is CCc1nn(C)cc1CNC/C=C/CCl. The van der Waals surface area contributed by atoms with E-state index in [1.807, 2.05) is 23.9 Å². The van der Waals surface area contributed by atoms with Crippen LogP contribution in [0.1, 0.15) is 18.2 Å². The van der Waals surface area contributed by atoms with Gasteiger partial charge in [0.1, 0.15) is 0 Å². The first-order chi connectivity index (χ1) is 7.27. The molecule has 0 aliphatic heterocycles. The van der Waals surface area contributed by atoms with E-state index in [-0.39, 0.29) is 0 Å². The van der Waals surface area contributed by atoms with Crippen molar-refractivity contribution in [3.63, 3.8) is 0 Å². The number of aryl methyl sites for hydroxylation is 2. The molecular weight excluding hydrogens is 210 g/mol. The lowest BCUT2D eigenvalue weighted by molar-refractivity contribution is 0.746. The van der Waals surface area contributed by atoms with Crippen LogP contribution >= 0.6 is 11.6 Å². The summed E-state index contributed by atoms with van der Waals surface area (Å²) in [5.74, 6) is 0.578. The predicted octanol–water partition coefficient (Wildman–Crippen LogP) is 1.87. The van der Waals surface area contributed by atoms with E-state index in [1.165, 1.54) is 11.3 Å². The van der Waals surface area contributed by atoms with Crippen molar-refractivity contribution < 1.29 is 0 Å². The number of halogens is 1. The largest absolute Gasteiger partial charge is 0.309 e. The summed E-state index contributed by atoms with van der Waals surface area (Å²) < 4.78 is 1.87. The zero-order chi connectivity index (χ0) is 11.1. The molecule has 0 fully saturated rings. The van der Waals surface area contributed by atoms with Gasteiger partial charge in [-0.05, 0) is 6.42 Å². The Hall–Kier alpha value is -0.800. The van der Waals surface area contributed by atoms with Gasteiger partial charge in [0.15, 0.2) is 0 Å². The lowest BCUT2D eigenvalue weighted by atomic mass is 10.2. The van der Waals surface area contributed by atoms with Gasteiger partial charge in [-0.15, -0.1) is 11.6 Å². The number of hydrogen-bond donors (Lipinski definition) is 1. The molecule has 0 aliphatic carbocycles. The molecule has 0 bridgehead atoms. The van der Waals surface area contributed by atoms with E-state index in [0.29, 0.717) is 5.88 Å². The molecule has 1 rings (SSSR count). The van der Waals surface area contributed by atoms with Gasteiger partial charge in [-0.2, -0.15) is 5.10 Å². The van der Waals surface area contributed by atoms with E-state index in [1.54, 1.807) is 0 Å². The van der Waals surface area contributed by atoms with Crippen LogP contribution in [0, 0.1) is 0 Å². The van der Waals surface area contributed by atoms with Crippen LogP contribution in [0.25, 0.3) is 0 Å². The Labute approximate surface area is 96.1 Å². The zero-order valence-electron chi connectivity index (χ0n) is 9.33. The Morgan fingerprint density at radius 2 is 2.33 bits per heavy atom. The van der Waals surface area contributed by atoms with E-state index in [0.717, 1.165) is 19.5 Å². The zero-order valence-corrected chi connectivity index (χ0v) is 10.1. The Balaban J connectivity index is 2.39. The molecule has 0 radical (unpaired) electrons. The molecule has 0 amide bonds. The molecule has 0 atom stereocenters. The third kappa shape index (κ3) is 4.06. The number of allylic oxidation sites excluding steroid dienone is 1. The molecule has 0 spiro atoms. The molecule has 0 saturated heterocycles. The second kappa shape index (κ2) is 6.64. The van der Waals surface area contributed by atoms with Crippen molar-refractivity contribution >= 4 is 11.6 Å². The lowest BCUT2D eigenvalue weighted by Crippen LogP contribution is -2.13. The molecule has 0 saturated carbocycles. The first kappa shape index (κ1) is 12.3. The molecule has 0 unspecified atom stereocenters. The van der Waals surface area contributed by atoms with Gasteiger partial charge in [0, 0.05) is 37.8 Å². The summed E-state index contributed by atoms with van der Waals surface area (Å²) in [4.78, 5) is 0. The highest BCUT2D eigenvalue weighted by molar-refractivity contribution is 6.18. The molecule has 0 aliphatic rings. The highest BCUT2D eigenvalue weighted by Gasteiger charge is 2.03. The Bertz CT molecular complexity index is 318. The number of hydrogen-bond acceptors (Lipinski definition) is 2. The first-order valence-electron chi connectivity index (χ1n) is 5.21. The average molecular weight is 228 g/mol. The normalized spacial score (nSPS) is 11.4. The van der Waals surface area contributed by atoms with Gasteiger partial charge in [-0.25, -0.2) is 0 Å². The summed E-state index contributed by atoms with van der Waals surface area (Å²) in [5.41, 5.74) is 2.45. The van der Waals surface area contributed by atoms with Crippen molar-refractivity contribution in [2.75, 3.05) is 12.4 Å². The van der Waals surface area contributed by atoms with Crippen molar-refractivity contribution in [1.29, 1.82) is 0 Å². The third-order valence-corrected chi connectivity index (χ3v) is 2.34. The quantitative estimate of drug-likeness (QED) is 0.457. The van der Waals surface area contributed by atoms with Crippen molar-refractivity contribution in [3.8, 4) is 0 Å². The van der Waals surface area contributed by atoms with E-state index in [2.05, 4.69) is 23.5 Å². The minimum atomic E-state index is 0.578. The maximum absolute atomic E-state index is 5.52. The van der Waals surface area contributed by atoms with Crippen LogP contribution in [-0.4, -0.2) is 22.2 Å². The highest BCUT2D eigenvalue weighted by Crippen LogP contribution is 2.06. The standard InChI is InChI=1S/C11H18ClN3/c1-3-11-10(9-15(2)14-11)8-13-7-5-4-6-12/h4-5,9,13H,3,6-8H2,1-2H3/b5-4+. The van der Waals surface area contributed by atoms with Crippen LogP contribution in [0.5, 0.6) is 0 Å². The Morgan fingerprint density at radius 3 is 3.00 bits per heavy atom. The molecule has 0 aromatic carbocycles. The van der Waals surface area contributed by atoms with E-state index >= 15 is 0 Å². The average Bonchev–Trinajstić information content (AvgIpc) is 2.59. The molecule has 15 heavy (non-hydrogen) atoms. The van der Waals surface area contributed by atoms with Gasteiger partial charge in [-0.1, -0.05) is 19.1 Å². The molecule has 1 aromatic heterocycles. The maximum atomic E-state index is 5.52. The van der Waals surface area contributed by atoms with E-state index < -0.39 is 0 Å². The number of rotatable bonds is 6. The summed E-state index contributed by atoms with van der Waals surface area (Å²) in [7, 11) is 1.95. The second-order valence-electron chi connectivity index (χ2n) is 3.38. The van der Waals surface area contributed by atoms with Crippen LogP contribution in [-0.2, 0) is 20.0 Å². The van der Waals surface area contributed by atoms with Crippen molar-refractivity contribution in [1.82, 2.24) is 15.1 Å². The second-order valence-corrected chi connectivity index (χ2v) is 3.69. The number of nitrogens with one attached hydrogen (secondary N) is 1. The fraction of sp³-hybridized carbons (Fsp3) is 0.545. The van der Waals surface area contributed by atoms with Crippen LogP contribution in [0.15, 0.2) is 18.3 Å². The Kier molecular flexibility index (Phi) is 5.43. The smallest absolute Gasteiger partial charge is 0.0666 e. The van der Waals surface area contributed by atoms with Crippen LogP contribution in [0.4, 0.5) is 0 Å². The summed E-state index contributed by atoms with van der Waals surface area (Å²) in [6.07, 6.45) is 7.03. The third-order valence-electron chi connectivity index (χ3n) is 2.16. The topological polar surface area (TPSA) is 29.9 Å². The predicted molar refractivity (Wildman–Crippen MR) is 64.2 cm³/mol. The molecule has 1 heterocycles. The molecule has 4 heteroatoms. The van der Waals surface area contributed by atoms with Crippen LogP contribution in [0.2, 0.25) is 0 Å². The van der Waals surface area contributed by atoms with Crippen LogP contribution < -0.4 is 5.32 Å². The molecule has 1 N–H and O–H groups in total. The minimum Gasteiger partial charge on any atom is -0.309 e. The van der Waals surface area contributed by atoms with Gasteiger partial charge in [0.2, 0.25) is 0 Å². The Morgan fingerprint density at radius 1 is 1.53 bits per heavy atom. The van der Waals surface area contributed by atoms with Crippen LogP contribution in [0.3, 0.4) is 0 Å². The van der Waals surface area contributed by atoms with Gasteiger partial charge >= 0.3 is 0 Å². The van der Waals surface area contributed by atoms with Gasteiger partial charge < -0.3 is 5.32 Å². The highest BCUT2D eigenvalue weighted by atomic mass is 35.5. The fourth-order valence-corrected chi connectivity index (χ4v) is 1.59. The molecular formula is C11H18ClN3. The summed E-state index contributed by atoms with van der Waals surface area (Å²) in [5, 5.41) is 7.71. The van der Waals surface area contributed by atoms with Crippen molar-refractivity contribution in [3.05, 3.63) is 29.6 Å². The van der Waals surface area contributed by atoms with Crippen molar-refractivity contribution in [2.45, 2.75) is 19.9 Å². The maximum Gasteiger partial charge on any atom is 0.0666 e. The van der Waals surface area contributed by atoms with Gasteiger partial charge in [-0.3, -0.25) is 4.68 Å². The summed E-state index contributed by atoms with van der Waals surface area (Å²) in [6, 6.07) is 0. The van der Waals surface area contributed by atoms with Gasteiger partial charge in [0.05, 0.1) is 5.69 Å². The number of aromatic nitrogens is 2. The molecule has 84 valence electrons. The molecule has 3 nitrogen and oxygen atoms in total. The van der Waals surface area contributed by atoms with Crippen molar-refractivity contribution in [2.24, 2.45) is 7.05 Å². The number of alkyl halides is 1. The lowest BCUT2D eigenvalue weighted by Gasteiger charge is -2.00. The van der Waals surface area contributed by atoms with Gasteiger partial charge in [0.25, 0.3) is 0 Å². The molecule has 1 aromatic rings. The van der Waals surface area contributed by atoms with E-state index in [9.17, 15) is 0 Å². The monoisotopic (exact) mass is 227 g/mol. The fourth-order valence-electron chi connectivity index (χ4n) is 1.47. The minimum absolute atomic E-state index is 0.578. The first-order valence-corrected chi connectivity index (χ1v) is 5.74. The number of nitrogens with zero attached hydrogens (tertiary/aromatic N) is 2. The summed E-state index contributed by atoms with van der Waals surface area (Å²) >= 11 is 5.52.